The highest BCUT2D eigenvalue weighted by molar-refractivity contribution is 5.43. The molecular weight excluding hydrogens is 238 g/mol. The van der Waals surface area contributed by atoms with Gasteiger partial charge in [-0.2, -0.15) is 0 Å². The molecule has 2 heterocycles. The highest BCUT2D eigenvalue weighted by Gasteiger charge is 2.20. The van der Waals surface area contributed by atoms with E-state index in [1.807, 2.05) is 0 Å². The normalized spacial score (nSPS) is 21.6. The first-order chi connectivity index (χ1) is 9.36. The summed E-state index contributed by atoms with van der Waals surface area (Å²) in [6.07, 6.45) is 6.00. The van der Waals surface area contributed by atoms with Gasteiger partial charge in [0.25, 0.3) is 0 Å². The van der Waals surface area contributed by atoms with E-state index >= 15 is 0 Å². The van der Waals surface area contributed by atoms with E-state index < -0.39 is 0 Å². The van der Waals surface area contributed by atoms with Crippen molar-refractivity contribution in [2.24, 2.45) is 0 Å². The van der Waals surface area contributed by atoms with Gasteiger partial charge in [-0.15, -0.1) is 0 Å². The maximum atomic E-state index is 9.28. The minimum atomic E-state index is 0.186. The number of anilines is 1. The third-order valence-corrected chi connectivity index (χ3v) is 4.21. The summed E-state index contributed by atoms with van der Waals surface area (Å²) in [5.74, 6) is 1.03. The zero-order valence-corrected chi connectivity index (χ0v) is 11.4. The van der Waals surface area contributed by atoms with Gasteiger partial charge in [-0.3, -0.25) is 0 Å². The molecule has 4 heteroatoms. The number of aromatic nitrogens is 1. The van der Waals surface area contributed by atoms with Gasteiger partial charge in [0.2, 0.25) is 0 Å². The van der Waals surface area contributed by atoms with Crippen molar-refractivity contribution in [2.45, 2.75) is 38.1 Å². The van der Waals surface area contributed by atoms with Crippen molar-refractivity contribution in [3.8, 4) is 0 Å². The Hall–Kier alpha value is -1.13. The van der Waals surface area contributed by atoms with Crippen LogP contribution in [0.5, 0.6) is 0 Å². The van der Waals surface area contributed by atoms with Crippen LogP contribution in [0.1, 0.15) is 30.5 Å². The lowest BCUT2D eigenvalue weighted by molar-refractivity contribution is 0.300. The van der Waals surface area contributed by atoms with E-state index in [4.69, 9.17) is 4.98 Å². The van der Waals surface area contributed by atoms with Crippen LogP contribution >= 0.6 is 0 Å². The number of aliphatic hydroxyl groups excluding tert-OH is 1. The molecule has 0 spiro atoms. The van der Waals surface area contributed by atoms with Crippen LogP contribution in [0.25, 0.3) is 0 Å². The Balaban J connectivity index is 1.74. The lowest BCUT2D eigenvalue weighted by Gasteiger charge is -2.26. The summed E-state index contributed by atoms with van der Waals surface area (Å²) in [5.41, 5.74) is 2.67. The minimum absolute atomic E-state index is 0.186. The Kier molecular flexibility index (Phi) is 3.99. The van der Waals surface area contributed by atoms with Crippen molar-refractivity contribution in [3.05, 3.63) is 23.4 Å². The molecule has 19 heavy (non-hydrogen) atoms. The molecule has 4 nitrogen and oxygen atoms in total. The Morgan fingerprint density at radius 3 is 3.05 bits per heavy atom. The Morgan fingerprint density at radius 2 is 2.26 bits per heavy atom. The fraction of sp³-hybridized carbons (Fsp3) is 0.667. The van der Waals surface area contributed by atoms with Crippen LogP contribution in [-0.2, 0) is 12.8 Å². The van der Waals surface area contributed by atoms with Gasteiger partial charge in [-0.25, -0.2) is 4.98 Å². The van der Waals surface area contributed by atoms with Crippen LogP contribution in [0.3, 0.4) is 0 Å². The van der Waals surface area contributed by atoms with Crippen molar-refractivity contribution in [3.63, 3.8) is 0 Å². The van der Waals surface area contributed by atoms with Crippen molar-refractivity contribution in [1.29, 1.82) is 0 Å². The number of aryl methyl sites for hydroxylation is 2. The summed E-state index contributed by atoms with van der Waals surface area (Å²) in [6.45, 7) is 2.93. The molecule has 1 aliphatic carbocycles. The second kappa shape index (κ2) is 5.88. The molecule has 2 N–H and O–H groups in total. The van der Waals surface area contributed by atoms with E-state index in [1.54, 1.807) is 0 Å². The second-order valence-electron chi connectivity index (χ2n) is 5.59. The third-order valence-electron chi connectivity index (χ3n) is 4.21. The van der Waals surface area contributed by atoms with Crippen molar-refractivity contribution >= 4 is 5.82 Å². The average Bonchev–Trinajstić information content (AvgIpc) is 3.08. The number of pyridine rings is 1. The molecule has 1 aliphatic heterocycles. The van der Waals surface area contributed by atoms with E-state index in [1.165, 1.54) is 36.9 Å². The standard InChI is InChI=1S/C15H23N3O/c19-10-9-18(11-13-4-2-8-16-13)15-7-6-12-3-1-5-14(12)17-15/h6-7,13,16,19H,1-5,8-11H2. The number of hydrogen-bond acceptors (Lipinski definition) is 4. The topological polar surface area (TPSA) is 48.4 Å². The zero-order chi connectivity index (χ0) is 13.1. The lowest BCUT2D eigenvalue weighted by Crippen LogP contribution is -2.39. The van der Waals surface area contributed by atoms with Crippen LogP contribution in [-0.4, -0.2) is 42.4 Å². The smallest absolute Gasteiger partial charge is 0.128 e. The summed E-state index contributed by atoms with van der Waals surface area (Å²) >= 11 is 0. The molecule has 1 atom stereocenters. The van der Waals surface area contributed by atoms with E-state index in [0.29, 0.717) is 12.6 Å². The van der Waals surface area contributed by atoms with E-state index in [2.05, 4.69) is 22.3 Å². The molecule has 0 radical (unpaired) electrons. The fourth-order valence-corrected chi connectivity index (χ4v) is 3.18. The predicted octanol–water partition coefficient (Wildman–Crippen LogP) is 1.12. The molecule has 104 valence electrons. The van der Waals surface area contributed by atoms with Crippen LogP contribution in [0.15, 0.2) is 12.1 Å². The quantitative estimate of drug-likeness (QED) is 0.834. The predicted molar refractivity (Wildman–Crippen MR) is 76.6 cm³/mol. The minimum Gasteiger partial charge on any atom is -0.395 e. The number of aliphatic hydroxyl groups is 1. The van der Waals surface area contributed by atoms with Gasteiger partial charge in [0.15, 0.2) is 0 Å². The summed E-state index contributed by atoms with van der Waals surface area (Å²) in [6, 6.07) is 4.88. The summed E-state index contributed by atoms with van der Waals surface area (Å²) in [5, 5.41) is 12.8. The Labute approximate surface area is 114 Å². The van der Waals surface area contributed by atoms with Crippen LogP contribution < -0.4 is 10.2 Å². The molecule has 1 aromatic rings. The zero-order valence-electron chi connectivity index (χ0n) is 11.4. The summed E-state index contributed by atoms with van der Waals surface area (Å²) in [7, 11) is 0. The van der Waals surface area contributed by atoms with Crippen LogP contribution in [0.4, 0.5) is 5.82 Å². The first-order valence-electron chi connectivity index (χ1n) is 7.45. The maximum absolute atomic E-state index is 9.28. The number of rotatable bonds is 5. The van der Waals surface area contributed by atoms with Crippen LogP contribution in [0.2, 0.25) is 0 Å². The van der Waals surface area contributed by atoms with Crippen molar-refractivity contribution < 1.29 is 5.11 Å². The molecule has 0 saturated carbocycles. The first kappa shape index (κ1) is 12.9. The lowest BCUT2D eigenvalue weighted by atomic mass is 10.2. The van der Waals surface area contributed by atoms with Crippen LogP contribution in [0, 0.1) is 0 Å². The molecule has 0 aromatic carbocycles. The molecular formula is C15H23N3O. The third kappa shape index (κ3) is 2.90. The average molecular weight is 261 g/mol. The maximum Gasteiger partial charge on any atom is 0.128 e. The summed E-state index contributed by atoms with van der Waals surface area (Å²) < 4.78 is 0. The monoisotopic (exact) mass is 261 g/mol. The van der Waals surface area contributed by atoms with E-state index in [0.717, 1.165) is 25.3 Å². The van der Waals surface area contributed by atoms with Crippen molar-refractivity contribution in [1.82, 2.24) is 10.3 Å². The molecule has 1 saturated heterocycles. The van der Waals surface area contributed by atoms with Gasteiger partial charge < -0.3 is 15.3 Å². The fourth-order valence-electron chi connectivity index (χ4n) is 3.18. The molecule has 0 bridgehead atoms. The highest BCUT2D eigenvalue weighted by atomic mass is 16.3. The molecule has 1 unspecified atom stereocenters. The van der Waals surface area contributed by atoms with Gasteiger partial charge in [-0.05, 0) is 50.3 Å². The SMILES string of the molecule is OCCN(CC1CCCN1)c1ccc2c(n1)CCC2. The molecule has 0 amide bonds. The van der Waals surface area contributed by atoms with Gasteiger partial charge in [-0.1, -0.05) is 6.07 Å². The van der Waals surface area contributed by atoms with Gasteiger partial charge in [0, 0.05) is 24.8 Å². The number of hydrogen-bond donors (Lipinski definition) is 2. The largest absolute Gasteiger partial charge is 0.395 e. The van der Waals surface area contributed by atoms with Gasteiger partial charge >= 0.3 is 0 Å². The summed E-state index contributed by atoms with van der Waals surface area (Å²) in [4.78, 5) is 7.03. The number of fused-ring (bicyclic) bond motifs is 1. The molecule has 2 aliphatic rings. The van der Waals surface area contributed by atoms with Gasteiger partial charge in [0.1, 0.15) is 5.82 Å². The highest BCUT2D eigenvalue weighted by Crippen LogP contribution is 2.23. The first-order valence-corrected chi connectivity index (χ1v) is 7.45. The Bertz CT molecular complexity index is 429. The molecule has 1 aromatic heterocycles. The van der Waals surface area contributed by atoms with E-state index in [-0.39, 0.29) is 6.61 Å². The molecule has 1 fully saturated rings. The van der Waals surface area contributed by atoms with E-state index in [9.17, 15) is 5.11 Å². The number of nitrogens with zero attached hydrogens (tertiary/aromatic N) is 2. The van der Waals surface area contributed by atoms with Crippen molar-refractivity contribution in [2.75, 3.05) is 31.1 Å². The van der Waals surface area contributed by atoms with Gasteiger partial charge in [0.05, 0.1) is 6.61 Å². The molecule has 3 rings (SSSR count). The number of nitrogens with one attached hydrogen (secondary N) is 1. The Morgan fingerprint density at radius 1 is 1.32 bits per heavy atom. The second-order valence-corrected chi connectivity index (χ2v) is 5.59.